The van der Waals surface area contributed by atoms with E-state index in [9.17, 15) is 4.79 Å². The van der Waals surface area contributed by atoms with Gasteiger partial charge in [-0.25, -0.2) is 0 Å². The van der Waals surface area contributed by atoms with Crippen molar-refractivity contribution < 1.29 is 9.32 Å². The Morgan fingerprint density at radius 1 is 1.44 bits per heavy atom. The molecule has 0 saturated heterocycles. The predicted octanol–water partition coefficient (Wildman–Crippen LogP) is 0.694. The molecule has 1 aromatic carbocycles. The number of aromatic nitrogens is 2. The number of rotatable bonds is 4. The van der Waals surface area contributed by atoms with Gasteiger partial charge in [-0.1, -0.05) is 35.5 Å². The standard InChI is InChI=1S/C12H14N4O2/c1-8-15-10(16-18-8)7-14-12(17)11(13)9-5-3-2-4-6-9/h2-6,11H,7,13H2,1H3,(H,14,17)/t11-/m0/s1. The molecular formula is C12H14N4O2. The molecule has 0 fully saturated rings. The Morgan fingerprint density at radius 3 is 2.78 bits per heavy atom. The number of nitrogens with two attached hydrogens (primary N) is 1. The molecule has 1 heterocycles. The molecule has 2 rings (SSSR count). The summed E-state index contributed by atoms with van der Waals surface area (Å²) in [5.74, 6) is 0.622. The van der Waals surface area contributed by atoms with Crippen LogP contribution in [-0.4, -0.2) is 16.0 Å². The molecule has 0 aliphatic carbocycles. The van der Waals surface area contributed by atoms with Crippen LogP contribution in [0.3, 0.4) is 0 Å². The van der Waals surface area contributed by atoms with E-state index in [1.54, 1.807) is 6.92 Å². The number of aryl methyl sites for hydroxylation is 1. The van der Waals surface area contributed by atoms with Crippen LogP contribution in [0.1, 0.15) is 23.3 Å². The van der Waals surface area contributed by atoms with E-state index in [2.05, 4.69) is 15.5 Å². The van der Waals surface area contributed by atoms with Crippen molar-refractivity contribution in [2.24, 2.45) is 5.73 Å². The van der Waals surface area contributed by atoms with E-state index in [1.165, 1.54) is 0 Å². The third-order valence-electron chi connectivity index (χ3n) is 2.43. The minimum atomic E-state index is -0.695. The molecule has 0 unspecified atom stereocenters. The molecule has 94 valence electrons. The van der Waals surface area contributed by atoms with Gasteiger partial charge in [-0.2, -0.15) is 4.98 Å². The fraction of sp³-hybridized carbons (Fsp3) is 0.250. The molecule has 1 atom stereocenters. The zero-order valence-corrected chi connectivity index (χ0v) is 9.96. The number of benzene rings is 1. The van der Waals surface area contributed by atoms with Crippen LogP contribution in [0.25, 0.3) is 0 Å². The molecule has 0 spiro atoms. The van der Waals surface area contributed by atoms with Crippen LogP contribution >= 0.6 is 0 Å². The molecule has 0 bridgehead atoms. The number of nitrogens with zero attached hydrogens (tertiary/aromatic N) is 2. The molecule has 1 amide bonds. The summed E-state index contributed by atoms with van der Waals surface area (Å²) in [5.41, 5.74) is 6.59. The van der Waals surface area contributed by atoms with Crippen molar-refractivity contribution in [1.82, 2.24) is 15.5 Å². The Hall–Kier alpha value is -2.21. The number of nitrogens with one attached hydrogen (secondary N) is 1. The molecule has 0 aliphatic heterocycles. The van der Waals surface area contributed by atoms with E-state index in [0.29, 0.717) is 11.7 Å². The summed E-state index contributed by atoms with van der Waals surface area (Å²) in [4.78, 5) is 15.8. The maximum absolute atomic E-state index is 11.8. The fourth-order valence-electron chi connectivity index (χ4n) is 1.50. The van der Waals surface area contributed by atoms with Crippen molar-refractivity contribution in [2.45, 2.75) is 19.5 Å². The molecule has 0 saturated carbocycles. The number of hydrogen-bond donors (Lipinski definition) is 2. The van der Waals surface area contributed by atoms with E-state index in [-0.39, 0.29) is 12.5 Å². The molecule has 2 aromatic rings. The summed E-state index contributed by atoms with van der Waals surface area (Å²) in [5, 5.41) is 6.34. The van der Waals surface area contributed by atoms with Crippen LogP contribution < -0.4 is 11.1 Å². The summed E-state index contributed by atoms with van der Waals surface area (Å²) in [6.07, 6.45) is 0. The van der Waals surface area contributed by atoms with Crippen molar-refractivity contribution in [3.8, 4) is 0 Å². The summed E-state index contributed by atoms with van der Waals surface area (Å²) in [7, 11) is 0. The second-order valence-electron chi connectivity index (χ2n) is 3.84. The van der Waals surface area contributed by atoms with Gasteiger partial charge in [-0.05, 0) is 5.56 Å². The van der Waals surface area contributed by atoms with Gasteiger partial charge < -0.3 is 15.6 Å². The van der Waals surface area contributed by atoms with Crippen molar-refractivity contribution in [3.63, 3.8) is 0 Å². The monoisotopic (exact) mass is 246 g/mol. The lowest BCUT2D eigenvalue weighted by Crippen LogP contribution is -2.33. The molecule has 1 aromatic heterocycles. The highest BCUT2D eigenvalue weighted by molar-refractivity contribution is 5.82. The van der Waals surface area contributed by atoms with Crippen molar-refractivity contribution in [1.29, 1.82) is 0 Å². The van der Waals surface area contributed by atoms with E-state index >= 15 is 0 Å². The van der Waals surface area contributed by atoms with Gasteiger partial charge in [0.2, 0.25) is 11.8 Å². The number of carbonyl (C=O) groups is 1. The van der Waals surface area contributed by atoms with Crippen LogP contribution in [0.5, 0.6) is 0 Å². The highest BCUT2D eigenvalue weighted by Crippen LogP contribution is 2.09. The lowest BCUT2D eigenvalue weighted by Gasteiger charge is -2.11. The maximum atomic E-state index is 11.8. The first kappa shape index (κ1) is 12.3. The first-order valence-electron chi connectivity index (χ1n) is 5.54. The highest BCUT2D eigenvalue weighted by Gasteiger charge is 2.15. The second-order valence-corrected chi connectivity index (χ2v) is 3.84. The zero-order chi connectivity index (χ0) is 13.0. The number of amides is 1. The van der Waals surface area contributed by atoms with Crippen molar-refractivity contribution in [3.05, 3.63) is 47.6 Å². The summed E-state index contributed by atoms with van der Waals surface area (Å²) in [6, 6.07) is 8.47. The lowest BCUT2D eigenvalue weighted by atomic mass is 10.1. The summed E-state index contributed by atoms with van der Waals surface area (Å²) in [6.45, 7) is 1.89. The average molecular weight is 246 g/mol. The molecular weight excluding hydrogens is 232 g/mol. The van der Waals surface area contributed by atoms with Gasteiger partial charge in [0.1, 0.15) is 6.04 Å². The second kappa shape index (κ2) is 5.42. The van der Waals surface area contributed by atoms with Crippen molar-refractivity contribution in [2.75, 3.05) is 0 Å². The van der Waals surface area contributed by atoms with Gasteiger partial charge in [-0.3, -0.25) is 4.79 Å². The van der Waals surface area contributed by atoms with Gasteiger partial charge in [0.15, 0.2) is 5.82 Å². The highest BCUT2D eigenvalue weighted by atomic mass is 16.5. The largest absolute Gasteiger partial charge is 0.347 e. The van der Waals surface area contributed by atoms with Gasteiger partial charge >= 0.3 is 0 Å². The molecule has 18 heavy (non-hydrogen) atoms. The van der Waals surface area contributed by atoms with Crippen LogP contribution in [0.15, 0.2) is 34.9 Å². The van der Waals surface area contributed by atoms with Crippen LogP contribution in [0.4, 0.5) is 0 Å². The molecule has 6 heteroatoms. The summed E-state index contributed by atoms with van der Waals surface area (Å²) >= 11 is 0. The average Bonchev–Trinajstić information content (AvgIpc) is 2.82. The normalized spacial score (nSPS) is 12.1. The van der Waals surface area contributed by atoms with E-state index < -0.39 is 6.04 Å². The lowest BCUT2D eigenvalue weighted by molar-refractivity contribution is -0.122. The zero-order valence-electron chi connectivity index (χ0n) is 9.96. The Morgan fingerprint density at radius 2 is 2.17 bits per heavy atom. The maximum Gasteiger partial charge on any atom is 0.241 e. The Kier molecular flexibility index (Phi) is 3.69. The SMILES string of the molecule is Cc1nc(CNC(=O)[C@@H](N)c2ccccc2)no1. The van der Waals surface area contributed by atoms with Gasteiger partial charge in [-0.15, -0.1) is 0 Å². The van der Waals surface area contributed by atoms with Crippen LogP contribution in [-0.2, 0) is 11.3 Å². The van der Waals surface area contributed by atoms with Crippen LogP contribution in [0, 0.1) is 6.92 Å². The minimum Gasteiger partial charge on any atom is -0.347 e. The summed E-state index contributed by atoms with van der Waals surface area (Å²) < 4.78 is 4.80. The van der Waals surface area contributed by atoms with Crippen LogP contribution in [0.2, 0.25) is 0 Å². The quantitative estimate of drug-likeness (QED) is 0.827. The third-order valence-corrected chi connectivity index (χ3v) is 2.43. The number of hydrogen-bond acceptors (Lipinski definition) is 5. The first-order valence-corrected chi connectivity index (χ1v) is 5.54. The van der Waals surface area contributed by atoms with E-state index in [4.69, 9.17) is 10.3 Å². The van der Waals surface area contributed by atoms with Crippen molar-refractivity contribution >= 4 is 5.91 Å². The fourth-order valence-corrected chi connectivity index (χ4v) is 1.50. The van der Waals surface area contributed by atoms with Gasteiger partial charge in [0, 0.05) is 6.92 Å². The van der Waals surface area contributed by atoms with Gasteiger partial charge in [0.25, 0.3) is 0 Å². The molecule has 0 aliphatic rings. The number of carbonyl (C=O) groups excluding carboxylic acids is 1. The smallest absolute Gasteiger partial charge is 0.241 e. The predicted molar refractivity (Wildman–Crippen MR) is 64.3 cm³/mol. The molecule has 6 nitrogen and oxygen atoms in total. The Bertz CT molecular complexity index is 524. The Balaban J connectivity index is 1.92. The molecule has 0 radical (unpaired) electrons. The van der Waals surface area contributed by atoms with E-state index in [0.717, 1.165) is 5.56 Å². The topological polar surface area (TPSA) is 94.0 Å². The third kappa shape index (κ3) is 2.92. The Labute approximate surface area is 104 Å². The van der Waals surface area contributed by atoms with Gasteiger partial charge in [0.05, 0.1) is 6.54 Å². The molecule has 3 N–H and O–H groups in total. The minimum absolute atomic E-state index is 0.205. The first-order chi connectivity index (χ1) is 8.66. The van der Waals surface area contributed by atoms with E-state index in [1.807, 2.05) is 30.3 Å².